The van der Waals surface area contributed by atoms with Crippen molar-refractivity contribution in [1.29, 1.82) is 0 Å². The second-order valence-electron chi connectivity index (χ2n) is 8.76. The van der Waals surface area contributed by atoms with Crippen LogP contribution in [0.25, 0.3) is 0 Å². The number of ether oxygens (including phenoxy) is 1. The fourth-order valence-corrected chi connectivity index (χ4v) is 4.89. The Kier molecular flexibility index (Phi) is 7.99. The molecule has 2 N–H and O–H groups in total. The molecule has 34 heavy (non-hydrogen) atoms. The highest BCUT2D eigenvalue weighted by molar-refractivity contribution is 6.42. The minimum atomic E-state index is -1.00. The number of aliphatic hydroxyl groups excluding tert-OH is 1. The Hall–Kier alpha value is -2.32. The third-order valence-corrected chi connectivity index (χ3v) is 7.03. The van der Waals surface area contributed by atoms with E-state index in [2.05, 4.69) is 10.2 Å². The second-order valence-corrected chi connectivity index (χ2v) is 9.58. The summed E-state index contributed by atoms with van der Waals surface area (Å²) in [5.41, 5.74) is 1.73. The van der Waals surface area contributed by atoms with Crippen molar-refractivity contribution in [2.24, 2.45) is 0 Å². The van der Waals surface area contributed by atoms with Crippen LogP contribution in [0.2, 0.25) is 10.0 Å². The summed E-state index contributed by atoms with van der Waals surface area (Å²) in [6.07, 6.45) is 2.89. The first kappa shape index (κ1) is 24.8. The topological polar surface area (TPSA) is 82.1 Å². The van der Waals surface area contributed by atoms with Gasteiger partial charge in [-0.2, -0.15) is 0 Å². The molecule has 2 aliphatic heterocycles. The zero-order valence-corrected chi connectivity index (χ0v) is 20.6. The summed E-state index contributed by atoms with van der Waals surface area (Å²) in [4.78, 5) is 28.7. The summed E-state index contributed by atoms with van der Waals surface area (Å²) in [6.45, 7) is 4.80. The predicted molar refractivity (Wildman–Crippen MR) is 134 cm³/mol. The van der Waals surface area contributed by atoms with Gasteiger partial charge in [0.15, 0.2) is 0 Å². The Morgan fingerprint density at radius 2 is 1.88 bits per heavy atom. The number of rotatable bonds is 7. The average Bonchev–Trinajstić information content (AvgIpc) is 3.11. The number of piperidine rings is 1. The Balaban J connectivity index is 1.53. The average molecular weight is 506 g/mol. The van der Waals surface area contributed by atoms with Crippen molar-refractivity contribution in [3.63, 3.8) is 0 Å². The zero-order chi connectivity index (χ0) is 24.2. The number of hydrogen-bond donors (Lipinski definition) is 2. The van der Waals surface area contributed by atoms with Crippen LogP contribution in [0.3, 0.4) is 0 Å². The maximum absolute atomic E-state index is 13.3. The number of halogens is 2. The first-order valence-electron chi connectivity index (χ1n) is 11.6. The number of amides is 2. The van der Waals surface area contributed by atoms with E-state index >= 15 is 0 Å². The van der Waals surface area contributed by atoms with Gasteiger partial charge in [0.25, 0.3) is 0 Å². The van der Waals surface area contributed by atoms with E-state index in [1.54, 1.807) is 36.4 Å². The van der Waals surface area contributed by atoms with Crippen LogP contribution in [0.5, 0.6) is 5.75 Å². The smallest absolute Gasteiger partial charge is 0.236 e. The largest absolute Gasteiger partial charge is 0.490 e. The van der Waals surface area contributed by atoms with Crippen molar-refractivity contribution in [1.82, 2.24) is 4.90 Å². The van der Waals surface area contributed by atoms with Crippen molar-refractivity contribution in [2.75, 3.05) is 36.5 Å². The molecule has 2 atom stereocenters. The standard InChI is InChI=1S/C25H29Cl2N3O4/c1-16(31)28-22-8-6-18(14-23(22)34-12-11-29-9-3-2-4-10-29)30-24(32)15-19(25(30)33)17-5-7-20(26)21(27)13-17/h5-8,13-14,19,24,32H,2-4,9-12,15H2,1H3,(H,28,31). The van der Waals surface area contributed by atoms with Crippen LogP contribution in [-0.2, 0) is 9.59 Å². The van der Waals surface area contributed by atoms with Gasteiger partial charge in [0.2, 0.25) is 11.8 Å². The number of benzene rings is 2. The van der Waals surface area contributed by atoms with Gasteiger partial charge in [0, 0.05) is 26.0 Å². The van der Waals surface area contributed by atoms with E-state index in [1.165, 1.54) is 31.1 Å². The van der Waals surface area contributed by atoms with Gasteiger partial charge >= 0.3 is 0 Å². The molecule has 2 amide bonds. The number of carbonyl (C=O) groups is 2. The summed E-state index contributed by atoms with van der Waals surface area (Å²) < 4.78 is 6.04. The normalized spacial score (nSPS) is 21.1. The molecule has 0 spiro atoms. The molecule has 0 bridgehead atoms. The highest BCUT2D eigenvalue weighted by Gasteiger charge is 2.40. The number of hydrogen-bond acceptors (Lipinski definition) is 5. The summed E-state index contributed by atoms with van der Waals surface area (Å²) in [5, 5.41) is 14.3. The highest BCUT2D eigenvalue weighted by atomic mass is 35.5. The molecule has 9 heteroatoms. The van der Waals surface area contributed by atoms with Gasteiger partial charge in [-0.05, 0) is 55.8 Å². The molecule has 2 saturated heterocycles. The van der Waals surface area contributed by atoms with Crippen molar-refractivity contribution < 1.29 is 19.4 Å². The predicted octanol–water partition coefficient (Wildman–Crippen LogP) is 4.66. The van der Waals surface area contributed by atoms with E-state index in [0.717, 1.165) is 19.6 Å². The molecule has 182 valence electrons. The first-order chi connectivity index (χ1) is 16.3. The molecule has 2 aliphatic rings. The lowest BCUT2D eigenvalue weighted by Crippen LogP contribution is -2.34. The molecular weight excluding hydrogens is 477 g/mol. The Morgan fingerprint density at radius 1 is 1.12 bits per heavy atom. The molecule has 2 heterocycles. The van der Waals surface area contributed by atoms with Gasteiger partial charge in [0.05, 0.1) is 27.3 Å². The van der Waals surface area contributed by atoms with E-state index in [4.69, 9.17) is 27.9 Å². The van der Waals surface area contributed by atoms with Crippen LogP contribution in [0, 0.1) is 0 Å². The van der Waals surface area contributed by atoms with Crippen molar-refractivity contribution in [2.45, 2.75) is 44.8 Å². The molecule has 2 fully saturated rings. The molecule has 2 aromatic carbocycles. The van der Waals surface area contributed by atoms with Crippen molar-refractivity contribution in [3.05, 3.63) is 52.0 Å². The third kappa shape index (κ3) is 5.66. The molecule has 0 saturated carbocycles. The summed E-state index contributed by atoms with van der Waals surface area (Å²) in [7, 11) is 0. The molecule has 2 aromatic rings. The van der Waals surface area contributed by atoms with Crippen LogP contribution in [-0.4, -0.2) is 54.3 Å². The lowest BCUT2D eigenvalue weighted by molar-refractivity contribution is -0.118. The van der Waals surface area contributed by atoms with Crippen molar-refractivity contribution >= 4 is 46.4 Å². The van der Waals surface area contributed by atoms with E-state index in [9.17, 15) is 14.7 Å². The summed E-state index contributed by atoms with van der Waals surface area (Å²) in [5.74, 6) is -0.533. The summed E-state index contributed by atoms with van der Waals surface area (Å²) in [6, 6.07) is 10.2. The van der Waals surface area contributed by atoms with Crippen molar-refractivity contribution in [3.8, 4) is 5.75 Å². The zero-order valence-electron chi connectivity index (χ0n) is 19.1. The van der Waals surface area contributed by atoms with Crippen LogP contribution in [0.4, 0.5) is 11.4 Å². The minimum absolute atomic E-state index is 0.217. The molecule has 0 radical (unpaired) electrons. The van der Waals surface area contributed by atoms with Gasteiger partial charge in [-0.3, -0.25) is 19.4 Å². The maximum Gasteiger partial charge on any atom is 0.236 e. The van der Waals surface area contributed by atoms with Gasteiger partial charge in [0.1, 0.15) is 18.6 Å². The quantitative estimate of drug-likeness (QED) is 0.571. The van der Waals surface area contributed by atoms with Gasteiger partial charge in [-0.25, -0.2) is 0 Å². The lowest BCUT2D eigenvalue weighted by Gasteiger charge is -2.26. The number of anilines is 2. The van der Waals surface area contributed by atoms with E-state index < -0.39 is 12.1 Å². The fourth-order valence-electron chi connectivity index (χ4n) is 4.58. The molecule has 4 rings (SSSR count). The molecular formula is C25H29Cl2N3O4. The van der Waals surface area contributed by atoms with Gasteiger partial charge in [-0.15, -0.1) is 0 Å². The monoisotopic (exact) mass is 505 g/mol. The highest BCUT2D eigenvalue weighted by Crippen LogP contribution is 2.39. The van der Waals surface area contributed by atoms with Crippen LogP contribution in [0.1, 0.15) is 44.1 Å². The number of likely N-dealkylation sites (tertiary alicyclic amines) is 1. The Bertz CT molecular complexity index is 1060. The molecule has 2 unspecified atom stereocenters. The Morgan fingerprint density at radius 3 is 2.59 bits per heavy atom. The molecule has 7 nitrogen and oxygen atoms in total. The maximum atomic E-state index is 13.3. The Labute approximate surface area is 209 Å². The summed E-state index contributed by atoms with van der Waals surface area (Å²) >= 11 is 12.2. The van der Waals surface area contributed by atoms with E-state index in [1.807, 2.05) is 0 Å². The number of nitrogens with one attached hydrogen (secondary N) is 1. The SMILES string of the molecule is CC(=O)Nc1ccc(N2C(=O)C(c3ccc(Cl)c(Cl)c3)CC2O)cc1OCCN1CCCCC1. The molecule has 0 aromatic heterocycles. The third-order valence-electron chi connectivity index (χ3n) is 6.29. The lowest BCUT2D eigenvalue weighted by atomic mass is 9.97. The fraction of sp³-hybridized carbons (Fsp3) is 0.440. The van der Waals surface area contributed by atoms with Crippen LogP contribution < -0.4 is 15.0 Å². The second kappa shape index (κ2) is 11.0. The molecule has 0 aliphatic carbocycles. The van der Waals surface area contributed by atoms with E-state index in [0.29, 0.717) is 39.3 Å². The van der Waals surface area contributed by atoms with Gasteiger partial charge in [-0.1, -0.05) is 35.7 Å². The van der Waals surface area contributed by atoms with Crippen LogP contribution >= 0.6 is 23.2 Å². The first-order valence-corrected chi connectivity index (χ1v) is 12.3. The van der Waals surface area contributed by atoms with Crippen LogP contribution in [0.15, 0.2) is 36.4 Å². The van der Waals surface area contributed by atoms with E-state index in [-0.39, 0.29) is 18.2 Å². The minimum Gasteiger partial charge on any atom is -0.490 e. The number of aliphatic hydroxyl groups is 1. The number of carbonyl (C=O) groups excluding carboxylic acids is 2. The number of nitrogens with zero attached hydrogens (tertiary/aromatic N) is 2. The van der Waals surface area contributed by atoms with Gasteiger partial charge < -0.3 is 15.2 Å².